The van der Waals surface area contributed by atoms with Crippen LogP contribution >= 0.6 is 0 Å². The molecule has 0 saturated carbocycles. The van der Waals surface area contributed by atoms with Gasteiger partial charge in [0.25, 0.3) is 0 Å². The highest BCUT2D eigenvalue weighted by atomic mass is 16.5. The fourth-order valence-electron chi connectivity index (χ4n) is 4.58. The molecule has 3 nitrogen and oxygen atoms in total. The van der Waals surface area contributed by atoms with Crippen molar-refractivity contribution in [1.82, 2.24) is 4.90 Å². The Morgan fingerprint density at radius 2 is 1.41 bits per heavy atom. The molecule has 0 amide bonds. The zero-order chi connectivity index (χ0) is 22.2. The van der Waals surface area contributed by atoms with Gasteiger partial charge in [0.15, 0.2) is 0 Å². The number of piperidine rings is 1. The van der Waals surface area contributed by atoms with E-state index in [1.54, 1.807) is 12.7 Å². The van der Waals surface area contributed by atoms with Crippen LogP contribution in [0.4, 0.5) is 0 Å². The third kappa shape index (κ3) is 5.67. The van der Waals surface area contributed by atoms with Crippen LogP contribution in [0, 0.1) is 0 Å². The predicted octanol–water partition coefficient (Wildman–Crippen LogP) is 6.11. The molecule has 0 bridgehead atoms. The molecule has 1 heterocycles. The van der Waals surface area contributed by atoms with E-state index in [0.717, 1.165) is 56.6 Å². The maximum Gasteiger partial charge on any atom is 0.118 e. The lowest BCUT2D eigenvalue weighted by Crippen LogP contribution is -2.32. The van der Waals surface area contributed by atoms with Crippen LogP contribution in [-0.2, 0) is 0 Å². The van der Waals surface area contributed by atoms with E-state index in [9.17, 15) is 5.11 Å². The van der Waals surface area contributed by atoms with Gasteiger partial charge in [0, 0.05) is 13.1 Å². The standard InChI is InChI=1S/C29H33NO2/c1-32-27-16-14-23(15-17-27)28(31)13-8-20-30-21-18-26(19-22-30)29(24-9-4-2-5-10-24)25-11-6-3-7-12-25/h2-7,9-12,14-17,28,31H,8,13,18-22H2,1H3. The minimum atomic E-state index is -0.413. The summed E-state index contributed by atoms with van der Waals surface area (Å²) in [6.07, 6.45) is 3.56. The Kier molecular flexibility index (Phi) is 7.76. The number of aliphatic hydroxyl groups excluding tert-OH is 1. The molecular formula is C29H33NO2. The van der Waals surface area contributed by atoms with E-state index >= 15 is 0 Å². The second-order valence-electron chi connectivity index (χ2n) is 8.48. The summed E-state index contributed by atoms with van der Waals surface area (Å²) in [6.45, 7) is 3.20. The van der Waals surface area contributed by atoms with Gasteiger partial charge >= 0.3 is 0 Å². The average molecular weight is 428 g/mol. The Morgan fingerprint density at radius 1 is 0.844 bits per heavy atom. The Labute approximate surface area is 192 Å². The van der Waals surface area contributed by atoms with Crippen LogP contribution in [0.1, 0.15) is 48.5 Å². The van der Waals surface area contributed by atoms with Crippen LogP contribution in [0.15, 0.2) is 90.5 Å². The number of benzene rings is 3. The molecule has 0 aromatic heterocycles. The molecular weight excluding hydrogens is 394 g/mol. The van der Waals surface area contributed by atoms with Crippen LogP contribution in [0.2, 0.25) is 0 Å². The third-order valence-corrected chi connectivity index (χ3v) is 6.39. The number of methoxy groups -OCH3 is 1. The fourth-order valence-corrected chi connectivity index (χ4v) is 4.58. The van der Waals surface area contributed by atoms with Gasteiger partial charge in [-0.15, -0.1) is 0 Å². The zero-order valence-electron chi connectivity index (χ0n) is 18.9. The molecule has 0 aliphatic carbocycles. The van der Waals surface area contributed by atoms with E-state index in [0.29, 0.717) is 0 Å². The molecule has 3 heteroatoms. The number of hydrogen-bond donors (Lipinski definition) is 1. The van der Waals surface area contributed by atoms with Gasteiger partial charge in [0.1, 0.15) is 5.75 Å². The second-order valence-corrected chi connectivity index (χ2v) is 8.48. The topological polar surface area (TPSA) is 32.7 Å². The first-order valence-electron chi connectivity index (χ1n) is 11.6. The summed E-state index contributed by atoms with van der Waals surface area (Å²) in [5, 5.41) is 10.5. The molecule has 1 fully saturated rings. The highest BCUT2D eigenvalue weighted by Gasteiger charge is 2.19. The number of likely N-dealkylation sites (tertiary alicyclic amines) is 1. The van der Waals surface area contributed by atoms with Crippen molar-refractivity contribution in [2.75, 3.05) is 26.7 Å². The molecule has 32 heavy (non-hydrogen) atoms. The summed E-state index contributed by atoms with van der Waals surface area (Å²) in [6, 6.07) is 29.3. The zero-order valence-corrected chi connectivity index (χ0v) is 18.9. The molecule has 0 radical (unpaired) electrons. The lowest BCUT2D eigenvalue weighted by Gasteiger charge is -2.30. The highest BCUT2D eigenvalue weighted by molar-refractivity contribution is 5.82. The summed E-state index contributed by atoms with van der Waals surface area (Å²) in [4.78, 5) is 2.54. The van der Waals surface area contributed by atoms with Gasteiger partial charge in [-0.25, -0.2) is 0 Å². The molecule has 1 unspecified atom stereocenters. The quantitative estimate of drug-likeness (QED) is 0.471. The van der Waals surface area contributed by atoms with Crippen LogP contribution in [0.5, 0.6) is 5.75 Å². The van der Waals surface area contributed by atoms with Crippen molar-refractivity contribution in [3.8, 4) is 5.75 Å². The maximum atomic E-state index is 10.5. The summed E-state index contributed by atoms with van der Waals surface area (Å²) >= 11 is 0. The summed E-state index contributed by atoms with van der Waals surface area (Å²) in [5.74, 6) is 0.823. The van der Waals surface area contributed by atoms with E-state index in [2.05, 4.69) is 65.6 Å². The number of nitrogens with zero attached hydrogens (tertiary/aromatic N) is 1. The van der Waals surface area contributed by atoms with Gasteiger partial charge in [-0.1, -0.05) is 78.4 Å². The Balaban J connectivity index is 1.34. The first-order chi connectivity index (χ1) is 15.7. The number of aliphatic hydroxyl groups is 1. The lowest BCUT2D eigenvalue weighted by atomic mass is 9.88. The molecule has 166 valence electrons. The van der Waals surface area contributed by atoms with Crippen LogP contribution in [0.3, 0.4) is 0 Å². The van der Waals surface area contributed by atoms with Crippen molar-refractivity contribution in [3.05, 3.63) is 107 Å². The number of rotatable bonds is 8. The van der Waals surface area contributed by atoms with Crippen LogP contribution in [0.25, 0.3) is 5.57 Å². The van der Waals surface area contributed by atoms with Gasteiger partial charge in [0.05, 0.1) is 13.2 Å². The summed E-state index contributed by atoms with van der Waals surface area (Å²) in [7, 11) is 1.66. The molecule has 4 rings (SSSR count). The molecule has 1 atom stereocenters. The summed E-state index contributed by atoms with van der Waals surface area (Å²) < 4.78 is 5.20. The number of hydrogen-bond acceptors (Lipinski definition) is 3. The molecule has 1 saturated heterocycles. The minimum Gasteiger partial charge on any atom is -0.497 e. The Hall–Kier alpha value is -2.88. The van der Waals surface area contributed by atoms with Crippen LogP contribution < -0.4 is 4.74 Å². The molecule has 0 spiro atoms. The molecule has 1 aliphatic heterocycles. The maximum absolute atomic E-state index is 10.5. The second kappa shape index (κ2) is 11.1. The molecule has 1 N–H and O–H groups in total. The van der Waals surface area contributed by atoms with E-state index in [-0.39, 0.29) is 0 Å². The fraction of sp³-hybridized carbons (Fsp3) is 0.310. The van der Waals surface area contributed by atoms with E-state index in [1.165, 1.54) is 16.7 Å². The van der Waals surface area contributed by atoms with E-state index in [4.69, 9.17) is 4.74 Å². The van der Waals surface area contributed by atoms with Crippen molar-refractivity contribution in [2.24, 2.45) is 0 Å². The molecule has 3 aromatic carbocycles. The SMILES string of the molecule is COc1ccc(C(O)CCCN2CCC(=C(c3ccccc3)c3ccccc3)CC2)cc1. The first kappa shape index (κ1) is 22.3. The Morgan fingerprint density at radius 3 is 1.94 bits per heavy atom. The van der Waals surface area contributed by atoms with Crippen molar-refractivity contribution in [3.63, 3.8) is 0 Å². The van der Waals surface area contributed by atoms with Gasteiger partial charge in [-0.05, 0) is 66.6 Å². The van der Waals surface area contributed by atoms with Crippen molar-refractivity contribution in [2.45, 2.75) is 31.8 Å². The van der Waals surface area contributed by atoms with Crippen molar-refractivity contribution >= 4 is 5.57 Å². The van der Waals surface area contributed by atoms with Gasteiger partial charge < -0.3 is 14.7 Å². The van der Waals surface area contributed by atoms with Gasteiger partial charge in [-0.3, -0.25) is 0 Å². The third-order valence-electron chi connectivity index (χ3n) is 6.39. The largest absolute Gasteiger partial charge is 0.497 e. The van der Waals surface area contributed by atoms with Crippen LogP contribution in [-0.4, -0.2) is 36.8 Å². The van der Waals surface area contributed by atoms with E-state index in [1.807, 2.05) is 24.3 Å². The number of ether oxygens (including phenoxy) is 1. The summed E-state index contributed by atoms with van der Waals surface area (Å²) in [5.41, 5.74) is 6.54. The first-order valence-corrected chi connectivity index (χ1v) is 11.6. The molecule has 3 aromatic rings. The average Bonchev–Trinajstić information content (AvgIpc) is 2.86. The van der Waals surface area contributed by atoms with Crippen molar-refractivity contribution in [1.29, 1.82) is 0 Å². The Bertz CT molecular complexity index is 945. The lowest BCUT2D eigenvalue weighted by molar-refractivity contribution is 0.153. The van der Waals surface area contributed by atoms with Gasteiger partial charge in [0.2, 0.25) is 0 Å². The predicted molar refractivity (Wildman–Crippen MR) is 132 cm³/mol. The monoisotopic (exact) mass is 427 g/mol. The minimum absolute atomic E-state index is 0.413. The van der Waals surface area contributed by atoms with Crippen molar-refractivity contribution < 1.29 is 9.84 Å². The normalized spacial score (nSPS) is 15.4. The molecule has 1 aliphatic rings. The van der Waals surface area contributed by atoms with E-state index < -0.39 is 6.10 Å². The smallest absolute Gasteiger partial charge is 0.118 e. The van der Waals surface area contributed by atoms with Gasteiger partial charge in [-0.2, -0.15) is 0 Å². The highest BCUT2D eigenvalue weighted by Crippen LogP contribution is 2.32.